The van der Waals surface area contributed by atoms with E-state index in [0.717, 1.165) is 29.3 Å². The van der Waals surface area contributed by atoms with Gasteiger partial charge in [-0.15, -0.1) is 0 Å². The first kappa shape index (κ1) is 13.0. The van der Waals surface area contributed by atoms with Crippen molar-refractivity contribution in [2.24, 2.45) is 0 Å². The van der Waals surface area contributed by atoms with Crippen LogP contribution in [0.4, 0.5) is 4.39 Å². The van der Waals surface area contributed by atoms with E-state index in [9.17, 15) is 4.39 Å². The minimum Gasteiger partial charge on any atom is -0.491 e. The Morgan fingerprint density at radius 3 is 2.94 bits per heavy atom. The first-order valence-corrected chi connectivity index (χ1v) is 6.45. The Hall–Kier alpha value is -1.49. The molecule has 1 heterocycles. The number of nitrogens with zero attached hydrogens (tertiary/aromatic N) is 1. The molecular formula is C13H15FN2OS. The predicted octanol–water partition coefficient (Wildman–Crippen LogP) is 3.09. The van der Waals surface area contributed by atoms with Gasteiger partial charge in [0.05, 0.1) is 18.5 Å². The second-order valence-electron chi connectivity index (χ2n) is 3.80. The summed E-state index contributed by atoms with van der Waals surface area (Å²) in [5.74, 6) is 1.50. The number of benzene rings is 1. The Bertz CT molecular complexity index is 527. The van der Waals surface area contributed by atoms with Gasteiger partial charge >= 0.3 is 0 Å². The third kappa shape index (κ3) is 2.85. The molecule has 1 aromatic carbocycles. The van der Waals surface area contributed by atoms with Gasteiger partial charge in [0.1, 0.15) is 5.82 Å². The summed E-state index contributed by atoms with van der Waals surface area (Å²) in [6, 6.07) is 4.89. The molecule has 3 nitrogen and oxygen atoms in total. The molecule has 0 aliphatic carbocycles. The van der Waals surface area contributed by atoms with Crippen LogP contribution in [-0.4, -0.2) is 22.3 Å². The number of nitrogens with one attached hydrogen (secondary N) is 1. The molecule has 0 fully saturated rings. The van der Waals surface area contributed by atoms with Gasteiger partial charge in [0.15, 0.2) is 11.6 Å². The molecule has 0 radical (unpaired) electrons. The van der Waals surface area contributed by atoms with Gasteiger partial charge in [-0.25, -0.2) is 9.37 Å². The van der Waals surface area contributed by atoms with Gasteiger partial charge in [0.25, 0.3) is 0 Å². The highest BCUT2D eigenvalue weighted by molar-refractivity contribution is 7.80. The highest BCUT2D eigenvalue weighted by Gasteiger charge is 2.08. The smallest absolute Gasteiger partial charge is 0.165 e. The van der Waals surface area contributed by atoms with Crippen LogP contribution in [0.5, 0.6) is 5.75 Å². The number of aromatic nitrogens is 2. The van der Waals surface area contributed by atoms with Gasteiger partial charge in [-0.05, 0) is 30.9 Å². The van der Waals surface area contributed by atoms with Crippen molar-refractivity contribution in [2.45, 2.75) is 13.3 Å². The lowest BCUT2D eigenvalue weighted by molar-refractivity contribution is 0.321. The predicted molar refractivity (Wildman–Crippen MR) is 72.7 cm³/mol. The zero-order chi connectivity index (χ0) is 13.0. The lowest BCUT2D eigenvalue weighted by Gasteiger charge is -2.05. The van der Waals surface area contributed by atoms with Crippen molar-refractivity contribution in [1.82, 2.24) is 9.97 Å². The van der Waals surface area contributed by atoms with Gasteiger partial charge in [-0.1, -0.05) is 0 Å². The largest absolute Gasteiger partial charge is 0.491 e. The summed E-state index contributed by atoms with van der Waals surface area (Å²) >= 11 is 4.15. The number of hydrogen-bond acceptors (Lipinski definition) is 3. The van der Waals surface area contributed by atoms with Crippen molar-refractivity contribution in [3.8, 4) is 17.0 Å². The van der Waals surface area contributed by atoms with Gasteiger partial charge < -0.3 is 9.72 Å². The van der Waals surface area contributed by atoms with Crippen LogP contribution in [0.1, 0.15) is 12.7 Å². The van der Waals surface area contributed by atoms with E-state index < -0.39 is 0 Å². The fourth-order valence-corrected chi connectivity index (χ4v) is 1.89. The first-order chi connectivity index (χ1) is 8.74. The maximum absolute atomic E-state index is 13.7. The molecule has 1 aromatic heterocycles. The number of aromatic amines is 1. The molecule has 0 saturated heterocycles. The summed E-state index contributed by atoms with van der Waals surface area (Å²) in [6.45, 7) is 2.28. The molecule has 2 aromatic rings. The summed E-state index contributed by atoms with van der Waals surface area (Å²) in [5.41, 5.74) is 1.56. The first-order valence-electron chi connectivity index (χ1n) is 5.82. The molecule has 0 aliphatic rings. The van der Waals surface area contributed by atoms with Crippen LogP contribution in [-0.2, 0) is 6.42 Å². The molecule has 0 aliphatic heterocycles. The average molecular weight is 266 g/mol. The standard InChI is InChI=1S/C13H15FN2OS/c1-2-17-12-4-3-9(7-10(12)14)11-8-15-13(16-11)5-6-18/h3-4,7-8,18H,2,5-6H2,1H3,(H,15,16). The number of halogens is 1. The van der Waals surface area contributed by atoms with Crippen molar-refractivity contribution >= 4 is 12.6 Å². The van der Waals surface area contributed by atoms with E-state index in [2.05, 4.69) is 22.6 Å². The van der Waals surface area contributed by atoms with E-state index in [0.29, 0.717) is 6.61 Å². The SMILES string of the molecule is CCOc1ccc(-c2cnc(CCS)[nH]2)cc1F. The molecule has 96 valence electrons. The Kier molecular flexibility index (Phi) is 4.25. The molecule has 0 saturated carbocycles. The summed E-state index contributed by atoms with van der Waals surface area (Å²) in [5, 5.41) is 0. The molecule has 1 N–H and O–H groups in total. The van der Waals surface area contributed by atoms with Crippen LogP contribution in [0.2, 0.25) is 0 Å². The Balaban J connectivity index is 2.24. The summed E-state index contributed by atoms with van der Waals surface area (Å²) < 4.78 is 18.9. The van der Waals surface area contributed by atoms with Crippen molar-refractivity contribution in [3.05, 3.63) is 36.0 Å². The highest BCUT2D eigenvalue weighted by Crippen LogP contribution is 2.24. The maximum atomic E-state index is 13.7. The van der Waals surface area contributed by atoms with Gasteiger partial charge in [0, 0.05) is 12.0 Å². The minimum absolute atomic E-state index is 0.274. The van der Waals surface area contributed by atoms with E-state index in [1.807, 2.05) is 13.0 Å². The fourth-order valence-electron chi connectivity index (χ4n) is 1.68. The Morgan fingerprint density at radius 1 is 1.44 bits per heavy atom. The van der Waals surface area contributed by atoms with Crippen molar-refractivity contribution in [2.75, 3.05) is 12.4 Å². The van der Waals surface area contributed by atoms with Crippen LogP contribution >= 0.6 is 12.6 Å². The number of ether oxygens (including phenoxy) is 1. The lowest BCUT2D eigenvalue weighted by atomic mass is 10.1. The number of rotatable bonds is 5. The zero-order valence-corrected chi connectivity index (χ0v) is 11.0. The number of thiol groups is 1. The molecular weight excluding hydrogens is 251 g/mol. The molecule has 18 heavy (non-hydrogen) atoms. The highest BCUT2D eigenvalue weighted by atomic mass is 32.1. The Morgan fingerprint density at radius 2 is 2.28 bits per heavy atom. The number of hydrogen-bond donors (Lipinski definition) is 2. The number of aryl methyl sites for hydroxylation is 1. The third-order valence-electron chi connectivity index (χ3n) is 2.52. The summed E-state index contributed by atoms with van der Waals surface area (Å²) in [4.78, 5) is 7.35. The third-order valence-corrected chi connectivity index (χ3v) is 2.74. The molecule has 0 atom stereocenters. The molecule has 0 unspecified atom stereocenters. The maximum Gasteiger partial charge on any atom is 0.165 e. The van der Waals surface area contributed by atoms with Crippen LogP contribution < -0.4 is 4.74 Å². The van der Waals surface area contributed by atoms with Crippen LogP contribution in [0.25, 0.3) is 11.3 Å². The zero-order valence-electron chi connectivity index (χ0n) is 10.1. The van der Waals surface area contributed by atoms with Crippen molar-refractivity contribution in [1.29, 1.82) is 0 Å². The van der Waals surface area contributed by atoms with E-state index in [-0.39, 0.29) is 11.6 Å². The van der Waals surface area contributed by atoms with Crippen molar-refractivity contribution in [3.63, 3.8) is 0 Å². The normalized spacial score (nSPS) is 10.6. The summed E-state index contributed by atoms with van der Waals surface area (Å²) in [7, 11) is 0. The van der Waals surface area contributed by atoms with Gasteiger partial charge in [0.2, 0.25) is 0 Å². The van der Waals surface area contributed by atoms with E-state index in [1.165, 1.54) is 6.07 Å². The van der Waals surface area contributed by atoms with Crippen LogP contribution in [0, 0.1) is 5.82 Å². The topological polar surface area (TPSA) is 37.9 Å². The fraction of sp³-hybridized carbons (Fsp3) is 0.308. The monoisotopic (exact) mass is 266 g/mol. The van der Waals surface area contributed by atoms with Gasteiger partial charge in [-0.2, -0.15) is 12.6 Å². The van der Waals surface area contributed by atoms with Gasteiger partial charge in [-0.3, -0.25) is 0 Å². The van der Waals surface area contributed by atoms with E-state index in [4.69, 9.17) is 4.74 Å². The average Bonchev–Trinajstić information content (AvgIpc) is 2.81. The Labute approximate surface area is 111 Å². The lowest BCUT2D eigenvalue weighted by Crippen LogP contribution is -1.94. The van der Waals surface area contributed by atoms with E-state index >= 15 is 0 Å². The molecule has 2 rings (SSSR count). The molecule has 0 amide bonds. The van der Waals surface area contributed by atoms with E-state index in [1.54, 1.807) is 12.3 Å². The number of imidazole rings is 1. The quantitative estimate of drug-likeness (QED) is 0.816. The second kappa shape index (κ2) is 5.91. The molecule has 5 heteroatoms. The van der Waals surface area contributed by atoms with Crippen molar-refractivity contribution < 1.29 is 9.13 Å². The van der Waals surface area contributed by atoms with Crippen LogP contribution in [0.3, 0.4) is 0 Å². The molecule has 0 bridgehead atoms. The summed E-state index contributed by atoms with van der Waals surface area (Å²) in [6.07, 6.45) is 2.47. The van der Waals surface area contributed by atoms with Crippen LogP contribution in [0.15, 0.2) is 24.4 Å². The second-order valence-corrected chi connectivity index (χ2v) is 4.24. The minimum atomic E-state index is -0.361. The number of H-pyrrole nitrogens is 1. The molecule has 0 spiro atoms.